The highest BCUT2D eigenvalue weighted by molar-refractivity contribution is 6.05. The number of piperidine rings is 1. The summed E-state index contributed by atoms with van der Waals surface area (Å²) < 4.78 is 0. The van der Waals surface area contributed by atoms with Crippen LogP contribution in [0.1, 0.15) is 55.1 Å². The molecule has 6 nitrogen and oxygen atoms in total. The third-order valence-corrected chi connectivity index (χ3v) is 4.45. The first-order valence-corrected chi connectivity index (χ1v) is 8.27. The van der Waals surface area contributed by atoms with Gasteiger partial charge in [-0.15, -0.1) is 0 Å². The van der Waals surface area contributed by atoms with Crippen molar-refractivity contribution < 1.29 is 14.4 Å². The Morgan fingerprint density at radius 2 is 2.00 bits per heavy atom. The standard InChI is InChI=1S/C18H23N3O3/c1-18(2,3)19-9-11-5-4-6-12-10-21(17(24)15(11)12)13-7-8-14(22)20-16(13)23/h4-6,13,19H,7-10H2,1-3H3,(H,20,22,23). The number of hydrogen-bond donors (Lipinski definition) is 2. The van der Waals surface area contributed by atoms with Crippen molar-refractivity contribution in [1.29, 1.82) is 0 Å². The summed E-state index contributed by atoms with van der Waals surface area (Å²) in [4.78, 5) is 37.9. The number of nitrogens with zero attached hydrogens (tertiary/aromatic N) is 1. The molecule has 128 valence electrons. The summed E-state index contributed by atoms with van der Waals surface area (Å²) in [6.07, 6.45) is 0.662. The molecule has 2 aliphatic rings. The number of nitrogens with one attached hydrogen (secondary N) is 2. The highest BCUT2D eigenvalue weighted by atomic mass is 16.2. The third kappa shape index (κ3) is 3.19. The van der Waals surface area contributed by atoms with Gasteiger partial charge in [0.25, 0.3) is 5.91 Å². The zero-order valence-electron chi connectivity index (χ0n) is 14.3. The molecule has 2 aliphatic heterocycles. The molecule has 2 heterocycles. The maximum atomic E-state index is 12.9. The smallest absolute Gasteiger partial charge is 0.255 e. The van der Waals surface area contributed by atoms with Crippen LogP contribution >= 0.6 is 0 Å². The Balaban J connectivity index is 1.83. The quantitative estimate of drug-likeness (QED) is 0.820. The van der Waals surface area contributed by atoms with Crippen LogP contribution in [0, 0.1) is 0 Å². The summed E-state index contributed by atoms with van der Waals surface area (Å²) in [5.74, 6) is -0.761. The molecule has 3 amide bonds. The molecular formula is C18H23N3O3. The molecule has 0 spiro atoms. The van der Waals surface area contributed by atoms with Crippen LogP contribution in [0.15, 0.2) is 18.2 Å². The lowest BCUT2D eigenvalue weighted by Crippen LogP contribution is -2.52. The van der Waals surface area contributed by atoms with Gasteiger partial charge < -0.3 is 10.2 Å². The molecule has 0 radical (unpaired) electrons. The van der Waals surface area contributed by atoms with Gasteiger partial charge in [0.15, 0.2) is 0 Å². The summed E-state index contributed by atoms with van der Waals surface area (Å²) in [6.45, 7) is 7.25. The molecule has 1 atom stereocenters. The van der Waals surface area contributed by atoms with Crippen molar-refractivity contribution in [1.82, 2.24) is 15.5 Å². The zero-order chi connectivity index (χ0) is 17.5. The maximum absolute atomic E-state index is 12.9. The first-order chi connectivity index (χ1) is 11.3. The van der Waals surface area contributed by atoms with Gasteiger partial charge in [-0.25, -0.2) is 0 Å². The first-order valence-electron chi connectivity index (χ1n) is 8.27. The molecule has 0 aliphatic carbocycles. The summed E-state index contributed by atoms with van der Waals surface area (Å²) in [7, 11) is 0. The Morgan fingerprint density at radius 1 is 1.25 bits per heavy atom. The predicted octanol–water partition coefficient (Wildman–Crippen LogP) is 1.34. The van der Waals surface area contributed by atoms with E-state index in [0.29, 0.717) is 25.1 Å². The number of amides is 3. The molecule has 1 aromatic rings. The fraction of sp³-hybridized carbons (Fsp3) is 0.500. The Bertz CT molecular complexity index is 706. The van der Waals surface area contributed by atoms with Crippen molar-refractivity contribution in [3.63, 3.8) is 0 Å². The molecule has 0 aromatic heterocycles. The van der Waals surface area contributed by atoms with Crippen molar-refractivity contribution in [2.45, 2.75) is 58.3 Å². The molecule has 1 fully saturated rings. The second-order valence-corrected chi connectivity index (χ2v) is 7.45. The van der Waals surface area contributed by atoms with Crippen LogP contribution in [0.4, 0.5) is 0 Å². The summed E-state index contributed by atoms with van der Waals surface area (Å²) >= 11 is 0. The number of fused-ring (bicyclic) bond motifs is 1. The molecule has 24 heavy (non-hydrogen) atoms. The molecule has 2 N–H and O–H groups in total. The number of carbonyl (C=O) groups is 3. The van der Waals surface area contributed by atoms with Crippen LogP contribution in [0.2, 0.25) is 0 Å². The Morgan fingerprint density at radius 3 is 2.67 bits per heavy atom. The maximum Gasteiger partial charge on any atom is 0.255 e. The lowest BCUT2D eigenvalue weighted by molar-refractivity contribution is -0.136. The molecular weight excluding hydrogens is 306 g/mol. The minimum Gasteiger partial charge on any atom is -0.322 e. The Labute approximate surface area is 141 Å². The van der Waals surface area contributed by atoms with E-state index in [-0.39, 0.29) is 29.7 Å². The van der Waals surface area contributed by atoms with Crippen LogP contribution in [0.5, 0.6) is 0 Å². The summed E-state index contributed by atoms with van der Waals surface area (Å²) in [5, 5.41) is 5.73. The second-order valence-electron chi connectivity index (χ2n) is 7.45. The second kappa shape index (κ2) is 6.02. The van der Waals surface area contributed by atoms with E-state index in [4.69, 9.17) is 0 Å². The van der Waals surface area contributed by atoms with Gasteiger partial charge in [-0.3, -0.25) is 19.7 Å². The van der Waals surface area contributed by atoms with E-state index in [2.05, 4.69) is 31.4 Å². The monoisotopic (exact) mass is 329 g/mol. The average molecular weight is 329 g/mol. The number of benzene rings is 1. The number of carbonyl (C=O) groups excluding carboxylic acids is 3. The summed E-state index contributed by atoms with van der Waals surface area (Å²) in [5.41, 5.74) is 2.53. The van der Waals surface area contributed by atoms with Gasteiger partial charge in [0.2, 0.25) is 11.8 Å². The van der Waals surface area contributed by atoms with Crippen LogP contribution in [-0.2, 0) is 22.7 Å². The minimum atomic E-state index is -0.564. The van der Waals surface area contributed by atoms with Gasteiger partial charge >= 0.3 is 0 Å². The molecule has 1 aromatic carbocycles. The predicted molar refractivity (Wildman–Crippen MR) is 89.1 cm³/mol. The SMILES string of the molecule is CC(C)(C)NCc1cccc2c1C(=O)N(C1CCC(=O)NC1=O)C2. The normalized spacial score (nSPS) is 21.0. The molecule has 1 unspecified atom stereocenters. The highest BCUT2D eigenvalue weighted by Crippen LogP contribution is 2.30. The fourth-order valence-electron chi connectivity index (χ4n) is 3.20. The molecule has 0 bridgehead atoms. The van der Waals surface area contributed by atoms with Gasteiger partial charge in [-0.2, -0.15) is 0 Å². The highest BCUT2D eigenvalue weighted by Gasteiger charge is 2.39. The topological polar surface area (TPSA) is 78.5 Å². The summed E-state index contributed by atoms with van der Waals surface area (Å²) in [6, 6.07) is 5.26. The lowest BCUT2D eigenvalue weighted by atomic mass is 10.0. The molecule has 0 saturated carbocycles. The first kappa shape index (κ1) is 16.6. The van der Waals surface area contributed by atoms with Crippen LogP contribution < -0.4 is 10.6 Å². The Kier molecular flexibility index (Phi) is 4.17. The van der Waals surface area contributed by atoms with Gasteiger partial charge in [-0.1, -0.05) is 18.2 Å². The van der Waals surface area contributed by atoms with Gasteiger partial charge in [0, 0.05) is 30.6 Å². The van der Waals surface area contributed by atoms with E-state index >= 15 is 0 Å². The third-order valence-electron chi connectivity index (χ3n) is 4.45. The zero-order valence-corrected chi connectivity index (χ0v) is 14.3. The van der Waals surface area contributed by atoms with Gasteiger partial charge in [0.05, 0.1) is 0 Å². The number of hydrogen-bond acceptors (Lipinski definition) is 4. The van der Waals surface area contributed by atoms with E-state index in [9.17, 15) is 14.4 Å². The van der Waals surface area contributed by atoms with Crippen LogP contribution in [0.3, 0.4) is 0 Å². The minimum absolute atomic E-state index is 0.0479. The van der Waals surface area contributed by atoms with E-state index in [1.807, 2.05) is 18.2 Å². The van der Waals surface area contributed by atoms with Crippen molar-refractivity contribution >= 4 is 17.7 Å². The molecule has 3 rings (SSSR count). The fourth-order valence-corrected chi connectivity index (χ4v) is 3.20. The van der Waals surface area contributed by atoms with Crippen LogP contribution in [-0.4, -0.2) is 34.2 Å². The van der Waals surface area contributed by atoms with E-state index in [0.717, 1.165) is 11.1 Å². The van der Waals surface area contributed by atoms with Crippen molar-refractivity contribution in [2.24, 2.45) is 0 Å². The van der Waals surface area contributed by atoms with E-state index in [1.54, 1.807) is 4.90 Å². The molecule has 1 saturated heterocycles. The lowest BCUT2D eigenvalue weighted by Gasteiger charge is -2.29. The molecule has 6 heteroatoms. The largest absolute Gasteiger partial charge is 0.322 e. The van der Waals surface area contributed by atoms with Crippen molar-refractivity contribution in [3.8, 4) is 0 Å². The van der Waals surface area contributed by atoms with Crippen LogP contribution in [0.25, 0.3) is 0 Å². The average Bonchev–Trinajstić information content (AvgIpc) is 2.82. The van der Waals surface area contributed by atoms with Gasteiger partial charge in [0.1, 0.15) is 6.04 Å². The number of rotatable bonds is 3. The van der Waals surface area contributed by atoms with Crippen molar-refractivity contribution in [2.75, 3.05) is 0 Å². The van der Waals surface area contributed by atoms with E-state index < -0.39 is 6.04 Å². The van der Waals surface area contributed by atoms with Gasteiger partial charge in [-0.05, 0) is 38.3 Å². The van der Waals surface area contributed by atoms with Crippen molar-refractivity contribution in [3.05, 3.63) is 34.9 Å². The van der Waals surface area contributed by atoms with E-state index in [1.165, 1.54) is 0 Å². The number of imide groups is 1. The Hall–Kier alpha value is -2.21.